The topological polar surface area (TPSA) is 17.0 Å². The van der Waals surface area contributed by atoms with Crippen LogP contribution in [0, 0.1) is 5.82 Å². The van der Waals surface area contributed by atoms with Gasteiger partial charge in [0, 0.05) is 29.4 Å². The molecule has 128 valence electrons. The summed E-state index contributed by atoms with van der Waals surface area (Å²) in [5.41, 5.74) is 5.31. The molecule has 1 heterocycles. The van der Waals surface area contributed by atoms with Crippen molar-refractivity contribution >= 4 is 11.6 Å². The zero-order valence-electron chi connectivity index (χ0n) is 14.1. The molecule has 1 unspecified atom stereocenters. The number of fused-ring (bicyclic) bond motifs is 1. The van der Waals surface area contributed by atoms with Crippen LogP contribution in [0.4, 0.5) is 4.39 Å². The molecule has 0 fully saturated rings. The molecule has 1 atom stereocenters. The quantitative estimate of drug-likeness (QED) is 0.681. The Morgan fingerprint density at radius 1 is 1.20 bits per heavy atom. The first-order valence-electron chi connectivity index (χ1n) is 8.56. The first kappa shape index (κ1) is 16.4. The van der Waals surface area contributed by atoms with Crippen LogP contribution in [0.2, 0.25) is 5.02 Å². The fourth-order valence-corrected chi connectivity index (χ4v) is 4.07. The van der Waals surface area contributed by atoms with Crippen molar-refractivity contribution in [3.63, 3.8) is 0 Å². The van der Waals surface area contributed by atoms with E-state index < -0.39 is 0 Å². The fraction of sp³-hybridized carbons (Fsp3) is 0.238. The Morgan fingerprint density at radius 3 is 2.80 bits per heavy atom. The first-order chi connectivity index (χ1) is 12.2. The maximum Gasteiger partial charge on any atom is 0.132 e. The molecular formula is C21H20ClFN2. The Bertz CT molecular complexity index is 916. The number of nitrogens with one attached hydrogen (secondary N) is 1. The van der Waals surface area contributed by atoms with Gasteiger partial charge in [-0.05, 0) is 60.8 Å². The van der Waals surface area contributed by atoms with E-state index in [9.17, 15) is 4.39 Å². The van der Waals surface area contributed by atoms with Gasteiger partial charge in [-0.15, -0.1) is 0 Å². The van der Waals surface area contributed by atoms with Crippen molar-refractivity contribution in [1.29, 1.82) is 0 Å². The minimum absolute atomic E-state index is 0.177. The molecule has 4 heteroatoms. The molecule has 0 aliphatic heterocycles. The van der Waals surface area contributed by atoms with Gasteiger partial charge in [-0.3, -0.25) is 0 Å². The molecule has 1 N–H and O–H groups in total. The zero-order chi connectivity index (χ0) is 17.4. The molecule has 4 rings (SSSR count). The smallest absolute Gasteiger partial charge is 0.132 e. The second-order valence-corrected chi connectivity index (χ2v) is 6.97. The second-order valence-electron chi connectivity index (χ2n) is 6.53. The number of hydrogen-bond donors (Lipinski definition) is 1. The summed E-state index contributed by atoms with van der Waals surface area (Å²) in [6, 6.07) is 15.2. The van der Waals surface area contributed by atoms with Gasteiger partial charge in [0.15, 0.2) is 0 Å². The van der Waals surface area contributed by atoms with Crippen molar-refractivity contribution in [2.75, 3.05) is 7.05 Å². The van der Waals surface area contributed by atoms with Crippen molar-refractivity contribution < 1.29 is 4.39 Å². The number of halogens is 2. The van der Waals surface area contributed by atoms with E-state index in [0.29, 0.717) is 18.2 Å². The van der Waals surface area contributed by atoms with Gasteiger partial charge in [-0.2, -0.15) is 0 Å². The van der Waals surface area contributed by atoms with Crippen LogP contribution in [0.15, 0.2) is 54.7 Å². The summed E-state index contributed by atoms with van der Waals surface area (Å²) >= 11 is 6.13. The molecule has 25 heavy (non-hydrogen) atoms. The maximum atomic E-state index is 14.5. The van der Waals surface area contributed by atoms with Crippen molar-refractivity contribution in [3.8, 4) is 11.3 Å². The summed E-state index contributed by atoms with van der Waals surface area (Å²) in [7, 11) is 1.98. The van der Waals surface area contributed by atoms with Gasteiger partial charge in [-0.1, -0.05) is 35.9 Å². The summed E-state index contributed by atoms with van der Waals surface area (Å²) in [6.45, 7) is 0.674. The number of rotatable bonds is 4. The number of aromatic nitrogens is 1. The fourth-order valence-electron chi connectivity index (χ4n) is 3.85. The number of benzene rings is 2. The summed E-state index contributed by atoms with van der Waals surface area (Å²) in [4.78, 5) is 0. The first-order valence-corrected chi connectivity index (χ1v) is 8.93. The average molecular weight is 355 g/mol. The Balaban J connectivity index is 1.85. The summed E-state index contributed by atoms with van der Waals surface area (Å²) in [5, 5.41) is 4.09. The van der Waals surface area contributed by atoms with E-state index in [-0.39, 0.29) is 5.82 Å². The van der Waals surface area contributed by atoms with E-state index in [1.165, 1.54) is 17.2 Å². The van der Waals surface area contributed by atoms with Gasteiger partial charge in [0.25, 0.3) is 0 Å². The van der Waals surface area contributed by atoms with Gasteiger partial charge in [0.05, 0.1) is 5.69 Å². The van der Waals surface area contributed by atoms with Crippen LogP contribution in [-0.2, 0) is 13.0 Å². The predicted molar refractivity (Wildman–Crippen MR) is 101 cm³/mol. The summed E-state index contributed by atoms with van der Waals surface area (Å²) < 4.78 is 16.7. The highest BCUT2D eigenvalue weighted by Gasteiger charge is 2.28. The lowest BCUT2D eigenvalue weighted by Gasteiger charge is -2.13. The number of nitrogens with zero attached hydrogens (tertiary/aromatic N) is 1. The van der Waals surface area contributed by atoms with Crippen LogP contribution in [-0.4, -0.2) is 11.6 Å². The Hall–Kier alpha value is -2.10. The molecule has 1 aliphatic rings. The van der Waals surface area contributed by atoms with Crippen molar-refractivity contribution in [3.05, 3.63) is 82.3 Å². The zero-order valence-corrected chi connectivity index (χ0v) is 14.9. The highest BCUT2D eigenvalue weighted by Crippen LogP contribution is 2.40. The number of hydrogen-bond acceptors (Lipinski definition) is 1. The molecule has 0 saturated heterocycles. The van der Waals surface area contributed by atoms with Gasteiger partial charge in [-0.25, -0.2) is 4.39 Å². The van der Waals surface area contributed by atoms with Gasteiger partial charge >= 0.3 is 0 Å². The van der Waals surface area contributed by atoms with Crippen molar-refractivity contribution in [2.45, 2.75) is 25.4 Å². The monoisotopic (exact) mass is 354 g/mol. The van der Waals surface area contributed by atoms with Crippen LogP contribution in [0.1, 0.15) is 29.2 Å². The summed E-state index contributed by atoms with van der Waals surface area (Å²) in [5.74, 6) is -0.177. The van der Waals surface area contributed by atoms with Crippen LogP contribution in [0.5, 0.6) is 0 Å². The molecule has 0 radical (unpaired) electrons. The van der Waals surface area contributed by atoms with E-state index in [1.54, 1.807) is 6.07 Å². The molecule has 0 bridgehead atoms. The standard InChI is InChI=1S/C21H20ClFN2/c1-24-20-10-9-16-18(20)13-25(12-14-5-4-6-15(22)11-14)21(16)17-7-2-3-8-19(17)23/h2-8,11,13,20,24H,9-10,12H2,1H3. The Morgan fingerprint density at radius 2 is 2.04 bits per heavy atom. The van der Waals surface area contributed by atoms with Gasteiger partial charge in [0.1, 0.15) is 5.82 Å². The lowest BCUT2D eigenvalue weighted by Crippen LogP contribution is -2.12. The Labute approximate surface area is 152 Å². The third-order valence-corrected chi connectivity index (χ3v) is 5.23. The van der Waals surface area contributed by atoms with E-state index >= 15 is 0 Å². The van der Waals surface area contributed by atoms with Crippen molar-refractivity contribution in [2.24, 2.45) is 0 Å². The van der Waals surface area contributed by atoms with Gasteiger partial charge < -0.3 is 9.88 Å². The molecular weight excluding hydrogens is 335 g/mol. The molecule has 0 spiro atoms. The maximum absolute atomic E-state index is 14.5. The van der Waals surface area contributed by atoms with Crippen LogP contribution >= 0.6 is 11.6 Å². The minimum Gasteiger partial charge on any atom is -0.342 e. The molecule has 3 aromatic rings. The molecule has 1 aromatic heterocycles. The highest BCUT2D eigenvalue weighted by atomic mass is 35.5. The molecule has 0 saturated carbocycles. The minimum atomic E-state index is -0.177. The van der Waals surface area contributed by atoms with Crippen molar-refractivity contribution in [1.82, 2.24) is 9.88 Å². The summed E-state index contributed by atoms with van der Waals surface area (Å²) in [6.07, 6.45) is 4.19. The highest BCUT2D eigenvalue weighted by molar-refractivity contribution is 6.30. The lowest BCUT2D eigenvalue weighted by atomic mass is 10.0. The largest absolute Gasteiger partial charge is 0.342 e. The predicted octanol–water partition coefficient (Wildman–Crippen LogP) is 5.20. The van der Waals surface area contributed by atoms with E-state index in [4.69, 9.17) is 11.6 Å². The van der Waals surface area contributed by atoms with E-state index in [0.717, 1.165) is 29.1 Å². The van der Waals surface area contributed by atoms with Crippen LogP contribution in [0.25, 0.3) is 11.3 Å². The molecule has 1 aliphatic carbocycles. The molecule has 2 aromatic carbocycles. The van der Waals surface area contributed by atoms with E-state index in [2.05, 4.69) is 22.1 Å². The Kier molecular flexibility index (Phi) is 4.36. The average Bonchev–Trinajstić information content (AvgIpc) is 3.14. The molecule has 0 amide bonds. The normalized spacial score (nSPS) is 16.2. The lowest BCUT2D eigenvalue weighted by molar-refractivity contribution is 0.584. The molecule has 2 nitrogen and oxygen atoms in total. The van der Waals surface area contributed by atoms with Gasteiger partial charge in [0.2, 0.25) is 0 Å². The second kappa shape index (κ2) is 6.66. The SMILES string of the molecule is CNC1CCc2c1cn(Cc1cccc(Cl)c1)c2-c1ccccc1F. The van der Waals surface area contributed by atoms with Crippen LogP contribution < -0.4 is 5.32 Å². The van der Waals surface area contributed by atoms with Crippen LogP contribution in [0.3, 0.4) is 0 Å². The van der Waals surface area contributed by atoms with E-state index in [1.807, 2.05) is 37.4 Å². The third kappa shape index (κ3) is 2.99. The third-order valence-electron chi connectivity index (χ3n) is 4.99.